The number of aromatic amines is 1. The number of nitrogens with one attached hydrogen (secondary N) is 1. The lowest BCUT2D eigenvalue weighted by Gasteiger charge is -2.07. The minimum atomic E-state index is -4.37. The van der Waals surface area contributed by atoms with Crippen molar-refractivity contribution in [3.05, 3.63) is 22.0 Å². The van der Waals surface area contributed by atoms with Gasteiger partial charge in [-0.1, -0.05) is 0 Å². The largest absolute Gasteiger partial charge is 0.490 e. The molecule has 0 unspecified atom stereocenters. The Morgan fingerprint density at radius 2 is 2.06 bits per heavy atom. The van der Waals surface area contributed by atoms with Crippen molar-refractivity contribution in [1.29, 1.82) is 0 Å². The smallest absolute Gasteiger partial charge is 0.280 e. The molecule has 5 nitrogen and oxygen atoms in total. The van der Waals surface area contributed by atoms with Crippen LogP contribution in [0, 0.1) is 0 Å². The van der Waals surface area contributed by atoms with Gasteiger partial charge in [0.1, 0.15) is 0 Å². The summed E-state index contributed by atoms with van der Waals surface area (Å²) in [5.41, 5.74) is -1.83. The lowest BCUT2D eigenvalue weighted by atomic mass is 10.3. The van der Waals surface area contributed by atoms with E-state index in [1.165, 1.54) is 0 Å². The molecule has 0 aromatic carbocycles. The maximum Gasteiger partial charge on any atom is 0.280 e. The summed E-state index contributed by atoms with van der Waals surface area (Å²) in [4.78, 5) is 13.1. The van der Waals surface area contributed by atoms with E-state index in [4.69, 9.17) is 10.7 Å². The zero-order chi connectivity index (χ0) is 12.5. The van der Waals surface area contributed by atoms with Crippen LogP contribution in [0.15, 0.2) is 15.9 Å². The predicted molar refractivity (Wildman–Crippen MR) is 51.6 cm³/mol. The summed E-state index contributed by atoms with van der Waals surface area (Å²) in [6.45, 7) is 0. The minimum absolute atomic E-state index is 0.551. The van der Waals surface area contributed by atoms with Gasteiger partial charge in [0.25, 0.3) is 15.5 Å². The fourth-order valence-corrected chi connectivity index (χ4v) is 2.00. The lowest BCUT2D eigenvalue weighted by Crippen LogP contribution is -2.13. The van der Waals surface area contributed by atoms with Crippen molar-refractivity contribution in [2.75, 3.05) is 7.11 Å². The molecule has 0 saturated heterocycles. The van der Waals surface area contributed by atoms with E-state index in [0.717, 1.165) is 7.11 Å². The van der Waals surface area contributed by atoms with Crippen LogP contribution in [0.5, 0.6) is 5.75 Å². The van der Waals surface area contributed by atoms with Crippen LogP contribution in [0.2, 0.25) is 0 Å². The average Bonchev–Trinajstić information content (AvgIpc) is 2.14. The summed E-state index contributed by atoms with van der Waals surface area (Å²) < 4.78 is 51.1. The minimum Gasteiger partial charge on any atom is -0.490 e. The topological polar surface area (TPSA) is 76.2 Å². The van der Waals surface area contributed by atoms with Gasteiger partial charge in [0.15, 0.2) is 5.03 Å². The second-order valence-electron chi connectivity index (χ2n) is 2.69. The molecular formula is C7H6ClF2NO4S. The molecule has 1 heterocycles. The molecule has 0 spiro atoms. The Kier molecular flexibility index (Phi) is 3.54. The molecule has 0 fully saturated rings. The summed E-state index contributed by atoms with van der Waals surface area (Å²) in [6.07, 6.45) is -3.02. The summed E-state index contributed by atoms with van der Waals surface area (Å²) >= 11 is 0. The van der Waals surface area contributed by atoms with Gasteiger partial charge in [-0.2, -0.15) is 0 Å². The van der Waals surface area contributed by atoms with Gasteiger partial charge in [-0.05, 0) is 0 Å². The van der Waals surface area contributed by atoms with E-state index in [-0.39, 0.29) is 0 Å². The summed E-state index contributed by atoms with van der Waals surface area (Å²) in [6, 6.07) is 0.551. The third-order valence-corrected chi connectivity index (χ3v) is 2.90. The van der Waals surface area contributed by atoms with Crippen molar-refractivity contribution in [1.82, 2.24) is 4.98 Å². The van der Waals surface area contributed by atoms with Crippen molar-refractivity contribution >= 4 is 19.7 Å². The molecule has 1 N–H and O–H groups in total. The van der Waals surface area contributed by atoms with Crippen LogP contribution in [-0.2, 0) is 9.05 Å². The molecule has 0 radical (unpaired) electrons. The number of hydrogen-bond donors (Lipinski definition) is 1. The van der Waals surface area contributed by atoms with E-state index in [2.05, 4.69) is 4.74 Å². The van der Waals surface area contributed by atoms with Crippen molar-refractivity contribution in [2.24, 2.45) is 0 Å². The summed E-state index contributed by atoms with van der Waals surface area (Å²) in [5.74, 6) is -0.626. The fraction of sp³-hybridized carbons (Fsp3) is 0.286. The maximum absolute atomic E-state index is 12.3. The number of aromatic nitrogens is 1. The number of hydrogen-bond acceptors (Lipinski definition) is 4. The van der Waals surface area contributed by atoms with E-state index in [0.29, 0.717) is 6.07 Å². The highest BCUT2D eigenvalue weighted by molar-refractivity contribution is 8.13. The average molecular weight is 274 g/mol. The number of rotatable bonds is 3. The fourth-order valence-electron chi connectivity index (χ4n) is 1.03. The van der Waals surface area contributed by atoms with Crippen LogP contribution in [0.4, 0.5) is 8.78 Å². The molecule has 0 aliphatic rings. The van der Waals surface area contributed by atoms with Crippen molar-refractivity contribution in [2.45, 2.75) is 11.5 Å². The van der Waals surface area contributed by atoms with Gasteiger partial charge >= 0.3 is 0 Å². The number of ether oxygens (including phenoxy) is 1. The highest BCUT2D eigenvalue weighted by atomic mass is 35.7. The monoisotopic (exact) mass is 273 g/mol. The molecule has 0 bridgehead atoms. The first kappa shape index (κ1) is 12.9. The van der Waals surface area contributed by atoms with E-state index in [9.17, 15) is 22.0 Å². The molecule has 1 rings (SSSR count). The number of pyridine rings is 1. The number of alkyl halides is 2. The molecule has 0 aliphatic heterocycles. The van der Waals surface area contributed by atoms with Gasteiger partial charge < -0.3 is 9.72 Å². The highest BCUT2D eigenvalue weighted by Gasteiger charge is 2.23. The van der Waals surface area contributed by atoms with Gasteiger partial charge in [-0.15, -0.1) is 0 Å². The third-order valence-electron chi connectivity index (χ3n) is 1.66. The Labute approximate surface area is 93.4 Å². The number of methoxy groups -OCH3 is 1. The Morgan fingerprint density at radius 1 is 1.50 bits per heavy atom. The van der Waals surface area contributed by atoms with Gasteiger partial charge in [0, 0.05) is 16.7 Å². The van der Waals surface area contributed by atoms with Crippen molar-refractivity contribution < 1.29 is 21.9 Å². The van der Waals surface area contributed by atoms with E-state index in [1.807, 2.05) is 4.98 Å². The zero-order valence-electron chi connectivity index (χ0n) is 7.83. The number of halogens is 3. The van der Waals surface area contributed by atoms with E-state index < -0.39 is 37.4 Å². The van der Waals surface area contributed by atoms with Gasteiger partial charge in [0.05, 0.1) is 12.8 Å². The van der Waals surface area contributed by atoms with Crippen LogP contribution >= 0.6 is 10.7 Å². The first-order valence-electron chi connectivity index (χ1n) is 3.81. The molecule has 90 valence electrons. The van der Waals surface area contributed by atoms with Crippen LogP contribution < -0.4 is 10.2 Å². The highest BCUT2D eigenvalue weighted by Crippen LogP contribution is 2.24. The zero-order valence-corrected chi connectivity index (χ0v) is 9.40. The summed E-state index contributed by atoms with van der Waals surface area (Å²) in [7, 11) is 1.63. The van der Waals surface area contributed by atoms with Crippen LogP contribution in [-0.4, -0.2) is 20.5 Å². The quantitative estimate of drug-likeness (QED) is 0.841. The molecule has 0 atom stereocenters. The Hall–Kier alpha value is -1.15. The Balaban J connectivity index is 3.63. The first-order valence-corrected chi connectivity index (χ1v) is 6.12. The van der Waals surface area contributed by atoms with Gasteiger partial charge in [-0.25, -0.2) is 17.2 Å². The van der Waals surface area contributed by atoms with Gasteiger partial charge in [0.2, 0.25) is 11.2 Å². The predicted octanol–water partition coefficient (Wildman–Crippen LogP) is 1.25. The van der Waals surface area contributed by atoms with Crippen LogP contribution in [0.1, 0.15) is 12.1 Å². The molecule has 16 heavy (non-hydrogen) atoms. The molecule has 1 aromatic heterocycles. The standard InChI is InChI=1S/C7H6ClF2NO4S/c1-15-5-4(12)2-3(6(9)10)11-7(5)16(8,13)14/h2,6H,1H3,(H,11,12). The summed E-state index contributed by atoms with van der Waals surface area (Å²) in [5, 5.41) is -0.875. The third kappa shape index (κ3) is 2.50. The number of H-pyrrole nitrogens is 1. The second-order valence-corrected chi connectivity index (χ2v) is 5.19. The maximum atomic E-state index is 12.3. The molecular weight excluding hydrogens is 268 g/mol. The second kappa shape index (κ2) is 4.38. The molecule has 1 aromatic rings. The SMILES string of the molecule is COc1c(S(=O)(=O)Cl)[nH]c(C(F)F)cc1=O. The Morgan fingerprint density at radius 3 is 2.44 bits per heavy atom. The molecule has 9 heteroatoms. The van der Waals surface area contributed by atoms with Crippen molar-refractivity contribution in [3.8, 4) is 5.75 Å². The first-order chi connectivity index (χ1) is 7.27. The lowest BCUT2D eigenvalue weighted by molar-refractivity contribution is 0.145. The Bertz CT molecular complexity index is 554. The molecule has 0 saturated carbocycles. The van der Waals surface area contributed by atoms with Crippen molar-refractivity contribution in [3.63, 3.8) is 0 Å². The normalized spacial score (nSPS) is 11.8. The van der Waals surface area contributed by atoms with Crippen LogP contribution in [0.3, 0.4) is 0 Å². The van der Waals surface area contributed by atoms with Gasteiger partial charge in [-0.3, -0.25) is 4.79 Å². The van der Waals surface area contributed by atoms with Crippen LogP contribution in [0.25, 0.3) is 0 Å². The molecule has 0 amide bonds. The van der Waals surface area contributed by atoms with E-state index in [1.54, 1.807) is 0 Å². The molecule has 0 aliphatic carbocycles. The van der Waals surface area contributed by atoms with E-state index >= 15 is 0 Å².